The highest BCUT2D eigenvalue weighted by molar-refractivity contribution is 5.39. The second-order valence-corrected chi connectivity index (χ2v) is 6.46. The highest BCUT2D eigenvalue weighted by Crippen LogP contribution is 2.24. The first-order chi connectivity index (χ1) is 10.3. The van der Waals surface area contributed by atoms with Crippen LogP contribution in [-0.2, 0) is 6.54 Å². The molecule has 116 valence electrons. The first-order valence-corrected chi connectivity index (χ1v) is 8.43. The van der Waals surface area contributed by atoms with Gasteiger partial charge in [-0.3, -0.25) is 0 Å². The van der Waals surface area contributed by atoms with Crippen molar-refractivity contribution in [2.75, 3.05) is 44.7 Å². The lowest BCUT2D eigenvalue weighted by Crippen LogP contribution is -2.38. The fourth-order valence-electron chi connectivity index (χ4n) is 3.60. The van der Waals surface area contributed by atoms with E-state index in [2.05, 4.69) is 33.3 Å². The van der Waals surface area contributed by atoms with Gasteiger partial charge >= 0.3 is 0 Å². The molecule has 2 aliphatic rings. The van der Waals surface area contributed by atoms with Gasteiger partial charge in [-0.05, 0) is 63.9 Å². The quantitative estimate of drug-likeness (QED) is 0.899. The van der Waals surface area contributed by atoms with Gasteiger partial charge in [-0.1, -0.05) is 6.07 Å². The lowest BCUT2D eigenvalue weighted by Gasteiger charge is -2.34. The summed E-state index contributed by atoms with van der Waals surface area (Å²) in [5, 5.41) is 3.18. The van der Waals surface area contributed by atoms with Crippen molar-refractivity contribution < 1.29 is 0 Å². The summed E-state index contributed by atoms with van der Waals surface area (Å²) >= 11 is 0. The van der Waals surface area contributed by atoms with E-state index >= 15 is 0 Å². The molecule has 0 aromatic carbocycles. The highest BCUT2D eigenvalue weighted by atomic mass is 15.2. The molecule has 0 saturated carbocycles. The fraction of sp³-hybridized carbons (Fsp3) is 0.706. The molecule has 0 radical (unpaired) electrons. The molecule has 1 aromatic heterocycles. The minimum atomic E-state index is 0.846. The maximum absolute atomic E-state index is 4.77. The van der Waals surface area contributed by atoms with Crippen LogP contribution in [0.5, 0.6) is 0 Å². The Morgan fingerprint density at radius 3 is 2.62 bits per heavy atom. The van der Waals surface area contributed by atoms with Crippen LogP contribution in [0.25, 0.3) is 0 Å². The van der Waals surface area contributed by atoms with Crippen molar-refractivity contribution in [3.8, 4) is 0 Å². The molecule has 21 heavy (non-hydrogen) atoms. The topological polar surface area (TPSA) is 31.4 Å². The molecule has 3 heterocycles. The Balaban J connectivity index is 1.51. The average molecular weight is 288 g/mol. The van der Waals surface area contributed by atoms with Crippen molar-refractivity contribution >= 4 is 5.82 Å². The molecule has 0 spiro atoms. The number of anilines is 1. The zero-order valence-corrected chi connectivity index (χ0v) is 13.2. The fourth-order valence-corrected chi connectivity index (χ4v) is 3.60. The third kappa shape index (κ3) is 3.95. The third-order valence-electron chi connectivity index (χ3n) is 4.80. The molecular formula is C17H28N4. The second-order valence-electron chi connectivity index (χ2n) is 6.46. The zero-order valence-electron chi connectivity index (χ0n) is 13.2. The van der Waals surface area contributed by atoms with Crippen LogP contribution in [0.1, 0.15) is 31.4 Å². The molecule has 3 rings (SSSR count). The maximum atomic E-state index is 4.77. The number of nitrogens with one attached hydrogen (secondary N) is 1. The van der Waals surface area contributed by atoms with Gasteiger partial charge in [0.1, 0.15) is 5.82 Å². The molecule has 0 bridgehead atoms. The summed E-state index contributed by atoms with van der Waals surface area (Å²) in [5.41, 5.74) is 1.13. The van der Waals surface area contributed by atoms with Crippen LogP contribution in [0.3, 0.4) is 0 Å². The molecule has 0 atom stereocenters. The summed E-state index contributed by atoms with van der Waals surface area (Å²) in [6, 6.07) is 6.38. The summed E-state index contributed by atoms with van der Waals surface area (Å²) < 4.78 is 0. The Hall–Kier alpha value is -1.13. The van der Waals surface area contributed by atoms with Crippen molar-refractivity contribution in [3.63, 3.8) is 0 Å². The van der Waals surface area contributed by atoms with Crippen LogP contribution in [0, 0.1) is 5.92 Å². The lowest BCUT2D eigenvalue weighted by atomic mass is 9.96. The van der Waals surface area contributed by atoms with Crippen molar-refractivity contribution in [1.29, 1.82) is 0 Å². The van der Waals surface area contributed by atoms with E-state index in [1.807, 2.05) is 7.05 Å². The van der Waals surface area contributed by atoms with E-state index in [1.54, 1.807) is 0 Å². The molecule has 4 heteroatoms. The molecule has 0 unspecified atom stereocenters. The van der Waals surface area contributed by atoms with Crippen molar-refractivity contribution in [1.82, 2.24) is 15.2 Å². The average Bonchev–Trinajstić information content (AvgIpc) is 3.02. The van der Waals surface area contributed by atoms with Crippen molar-refractivity contribution in [2.45, 2.75) is 32.2 Å². The molecule has 2 fully saturated rings. The van der Waals surface area contributed by atoms with E-state index in [1.165, 1.54) is 45.3 Å². The maximum Gasteiger partial charge on any atom is 0.128 e. The summed E-state index contributed by atoms with van der Waals surface area (Å²) in [4.78, 5) is 9.88. The molecule has 1 N–H and O–H groups in total. The molecular weight excluding hydrogens is 260 g/mol. The molecule has 0 amide bonds. The Bertz CT molecular complexity index is 434. The van der Waals surface area contributed by atoms with Crippen molar-refractivity contribution in [2.24, 2.45) is 5.92 Å². The van der Waals surface area contributed by atoms with E-state index in [9.17, 15) is 0 Å². The number of nitrogens with zero attached hydrogens (tertiary/aromatic N) is 3. The number of rotatable bonds is 5. The van der Waals surface area contributed by atoms with Gasteiger partial charge in [0, 0.05) is 26.2 Å². The highest BCUT2D eigenvalue weighted by Gasteiger charge is 2.23. The van der Waals surface area contributed by atoms with Crippen LogP contribution >= 0.6 is 0 Å². The van der Waals surface area contributed by atoms with Gasteiger partial charge in [0.2, 0.25) is 0 Å². The number of aromatic nitrogens is 1. The van der Waals surface area contributed by atoms with E-state index < -0.39 is 0 Å². The van der Waals surface area contributed by atoms with Crippen LogP contribution in [0.15, 0.2) is 18.2 Å². The number of hydrogen-bond donors (Lipinski definition) is 1. The predicted octanol–water partition coefficient (Wildman–Crippen LogP) is 2.11. The third-order valence-corrected chi connectivity index (χ3v) is 4.80. The Morgan fingerprint density at radius 2 is 1.90 bits per heavy atom. The SMILES string of the molecule is CNCc1cccc(N2CCC(CN3CCCC3)CC2)n1. The van der Waals surface area contributed by atoms with Crippen molar-refractivity contribution in [3.05, 3.63) is 23.9 Å². The summed E-state index contributed by atoms with van der Waals surface area (Å²) in [5.74, 6) is 2.04. The normalized spacial score (nSPS) is 21.1. The Labute approximate surface area is 128 Å². The first-order valence-electron chi connectivity index (χ1n) is 8.43. The molecule has 2 aliphatic heterocycles. The molecule has 2 saturated heterocycles. The lowest BCUT2D eigenvalue weighted by molar-refractivity contribution is 0.249. The number of piperidine rings is 1. The first kappa shape index (κ1) is 14.8. The minimum Gasteiger partial charge on any atom is -0.357 e. The summed E-state index contributed by atoms with van der Waals surface area (Å²) in [6.45, 7) is 7.14. The van der Waals surface area contributed by atoms with Crippen LogP contribution in [-0.4, -0.2) is 49.7 Å². The van der Waals surface area contributed by atoms with Gasteiger partial charge in [0.05, 0.1) is 5.69 Å². The largest absolute Gasteiger partial charge is 0.357 e. The molecule has 4 nitrogen and oxygen atoms in total. The Morgan fingerprint density at radius 1 is 1.14 bits per heavy atom. The number of pyridine rings is 1. The number of likely N-dealkylation sites (tertiary alicyclic amines) is 1. The van der Waals surface area contributed by atoms with E-state index in [4.69, 9.17) is 4.98 Å². The predicted molar refractivity (Wildman–Crippen MR) is 87.6 cm³/mol. The second kappa shape index (κ2) is 7.23. The summed E-state index contributed by atoms with van der Waals surface area (Å²) in [6.07, 6.45) is 5.44. The van der Waals surface area contributed by atoms with E-state index in [0.717, 1.165) is 37.1 Å². The van der Waals surface area contributed by atoms with Gasteiger partial charge in [0.15, 0.2) is 0 Å². The van der Waals surface area contributed by atoms with E-state index in [0.29, 0.717) is 0 Å². The van der Waals surface area contributed by atoms with Crippen LogP contribution in [0.2, 0.25) is 0 Å². The van der Waals surface area contributed by atoms with E-state index in [-0.39, 0.29) is 0 Å². The van der Waals surface area contributed by atoms with Crippen LogP contribution < -0.4 is 10.2 Å². The van der Waals surface area contributed by atoms with Gasteiger partial charge in [-0.2, -0.15) is 0 Å². The monoisotopic (exact) mass is 288 g/mol. The Kier molecular flexibility index (Phi) is 5.09. The standard InChI is InChI=1S/C17H28N4/c1-18-13-16-5-4-6-17(19-16)21-11-7-15(8-12-21)14-20-9-2-3-10-20/h4-6,15,18H,2-3,7-14H2,1H3. The van der Waals surface area contributed by atoms with Gasteiger partial charge in [0.25, 0.3) is 0 Å². The molecule has 0 aliphatic carbocycles. The van der Waals surface area contributed by atoms with Gasteiger partial charge in [-0.15, -0.1) is 0 Å². The van der Waals surface area contributed by atoms with Crippen LogP contribution in [0.4, 0.5) is 5.82 Å². The van der Waals surface area contributed by atoms with Gasteiger partial charge in [-0.25, -0.2) is 4.98 Å². The summed E-state index contributed by atoms with van der Waals surface area (Å²) in [7, 11) is 1.97. The molecule has 1 aromatic rings. The minimum absolute atomic E-state index is 0.846. The smallest absolute Gasteiger partial charge is 0.128 e. The van der Waals surface area contributed by atoms with Gasteiger partial charge < -0.3 is 15.1 Å². The number of hydrogen-bond acceptors (Lipinski definition) is 4. The zero-order chi connectivity index (χ0) is 14.5.